The molecule has 0 aliphatic heterocycles. The van der Waals surface area contributed by atoms with Crippen molar-refractivity contribution >= 4 is 17.3 Å². The van der Waals surface area contributed by atoms with E-state index in [9.17, 15) is 15.2 Å². The Kier molecular flexibility index (Phi) is 4.14. The van der Waals surface area contributed by atoms with E-state index in [1.54, 1.807) is 30.6 Å². The lowest BCUT2D eigenvalue weighted by molar-refractivity contribution is -0.384. The molecule has 2 N–H and O–H groups in total. The van der Waals surface area contributed by atoms with Gasteiger partial charge in [-0.2, -0.15) is 0 Å². The van der Waals surface area contributed by atoms with Crippen LogP contribution in [0.15, 0.2) is 60.9 Å². The zero-order valence-corrected chi connectivity index (χ0v) is 12.7. The van der Waals surface area contributed by atoms with Crippen LogP contribution in [0.3, 0.4) is 0 Å². The number of nitrogens with one attached hydrogen (secondary N) is 1. The average molecular weight is 329 g/mol. The molecule has 1 heterocycles. The van der Waals surface area contributed by atoms with Crippen LogP contribution >= 0.6 is 11.6 Å². The number of nitro groups is 1. The van der Waals surface area contributed by atoms with Crippen LogP contribution in [-0.4, -0.2) is 15.0 Å². The Balaban J connectivity index is 1.98. The van der Waals surface area contributed by atoms with E-state index in [1.807, 2.05) is 18.2 Å². The third-order valence-corrected chi connectivity index (χ3v) is 3.99. The topological polar surface area (TPSA) is 79.2 Å². The largest absolute Gasteiger partial charge is 0.384 e. The van der Waals surface area contributed by atoms with Gasteiger partial charge in [0, 0.05) is 46.2 Å². The third-order valence-electron chi connectivity index (χ3n) is 3.66. The summed E-state index contributed by atoms with van der Waals surface area (Å²) in [5.41, 5.74) is 2.82. The van der Waals surface area contributed by atoms with Gasteiger partial charge in [0.15, 0.2) is 0 Å². The average Bonchev–Trinajstić information content (AvgIpc) is 3.04. The number of hydrogen-bond donors (Lipinski definition) is 2. The number of H-pyrrole nitrogens is 1. The van der Waals surface area contributed by atoms with Crippen LogP contribution in [0, 0.1) is 10.1 Å². The zero-order chi connectivity index (χ0) is 16.4. The summed E-state index contributed by atoms with van der Waals surface area (Å²) in [6, 6.07) is 13.2. The molecule has 0 spiro atoms. The van der Waals surface area contributed by atoms with E-state index in [1.165, 1.54) is 12.1 Å². The Bertz CT molecular complexity index is 843. The summed E-state index contributed by atoms with van der Waals surface area (Å²) in [7, 11) is 0. The molecule has 0 bridgehead atoms. The van der Waals surface area contributed by atoms with E-state index in [2.05, 4.69) is 4.98 Å². The quantitative estimate of drug-likeness (QED) is 0.552. The van der Waals surface area contributed by atoms with Gasteiger partial charge in [-0.1, -0.05) is 29.8 Å². The minimum absolute atomic E-state index is 0.0126. The van der Waals surface area contributed by atoms with Gasteiger partial charge in [0.2, 0.25) is 0 Å². The van der Waals surface area contributed by atoms with Crippen LogP contribution in [0.2, 0.25) is 5.02 Å². The minimum atomic E-state index is -0.909. The number of halogens is 1. The first-order valence-electron chi connectivity index (χ1n) is 6.92. The summed E-state index contributed by atoms with van der Waals surface area (Å²) in [4.78, 5) is 13.2. The van der Waals surface area contributed by atoms with Gasteiger partial charge in [-0.25, -0.2) is 0 Å². The number of nitro benzene ring substituents is 1. The summed E-state index contributed by atoms with van der Waals surface area (Å²) < 4.78 is 0. The second-order valence-electron chi connectivity index (χ2n) is 5.06. The fourth-order valence-electron chi connectivity index (χ4n) is 2.47. The molecule has 23 heavy (non-hydrogen) atoms. The number of aromatic amines is 1. The van der Waals surface area contributed by atoms with Gasteiger partial charge in [-0.05, 0) is 23.8 Å². The van der Waals surface area contributed by atoms with Gasteiger partial charge in [-0.3, -0.25) is 10.1 Å². The van der Waals surface area contributed by atoms with Crippen molar-refractivity contribution < 1.29 is 10.0 Å². The van der Waals surface area contributed by atoms with Crippen LogP contribution < -0.4 is 0 Å². The predicted octanol–water partition coefficient (Wildman–Crippen LogP) is 4.33. The Hall–Kier alpha value is -2.63. The highest BCUT2D eigenvalue weighted by Gasteiger charge is 2.18. The molecule has 0 saturated carbocycles. The van der Waals surface area contributed by atoms with Crippen LogP contribution in [0.4, 0.5) is 5.69 Å². The highest BCUT2D eigenvalue weighted by atomic mass is 35.5. The third kappa shape index (κ3) is 2.97. The molecule has 0 amide bonds. The standard InChI is InChI=1S/C17H13ClN2O3/c18-16-4-2-1-3-13(16)14-9-19-10-15(14)17(21)11-5-7-12(8-6-11)20(22)23/h1-10,17,19,21H/t17-/m0/s1. The van der Waals surface area contributed by atoms with E-state index in [0.717, 1.165) is 11.1 Å². The molecule has 6 heteroatoms. The second kappa shape index (κ2) is 6.24. The summed E-state index contributed by atoms with van der Waals surface area (Å²) in [6.45, 7) is 0. The Morgan fingerprint density at radius 2 is 1.74 bits per heavy atom. The van der Waals surface area contributed by atoms with Crippen molar-refractivity contribution in [2.75, 3.05) is 0 Å². The van der Waals surface area contributed by atoms with Crippen molar-refractivity contribution in [3.05, 3.63) is 87.2 Å². The molecular formula is C17H13ClN2O3. The number of aliphatic hydroxyl groups excluding tert-OH is 1. The molecule has 3 aromatic rings. The van der Waals surface area contributed by atoms with Crippen LogP contribution in [-0.2, 0) is 0 Å². The van der Waals surface area contributed by atoms with Crippen molar-refractivity contribution in [1.82, 2.24) is 4.98 Å². The van der Waals surface area contributed by atoms with Crippen LogP contribution in [0.25, 0.3) is 11.1 Å². The maximum absolute atomic E-state index is 10.7. The fourth-order valence-corrected chi connectivity index (χ4v) is 2.71. The van der Waals surface area contributed by atoms with Crippen molar-refractivity contribution in [3.63, 3.8) is 0 Å². The lowest BCUT2D eigenvalue weighted by atomic mass is 9.96. The predicted molar refractivity (Wildman–Crippen MR) is 88.4 cm³/mol. The Labute approximate surface area is 137 Å². The van der Waals surface area contributed by atoms with Crippen molar-refractivity contribution in [1.29, 1.82) is 0 Å². The molecule has 1 atom stereocenters. The van der Waals surface area contributed by atoms with Gasteiger partial charge >= 0.3 is 0 Å². The molecule has 5 nitrogen and oxygen atoms in total. The van der Waals surface area contributed by atoms with Crippen LogP contribution in [0.1, 0.15) is 17.2 Å². The maximum Gasteiger partial charge on any atom is 0.269 e. The number of hydrogen-bond acceptors (Lipinski definition) is 3. The SMILES string of the molecule is O=[N+]([O-])c1ccc([C@H](O)c2c[nH]cc2-c2ccccc2Cl)cc1. The molecule has 0 saturated heterocycles. The van der Waals surface area contributed by atoms with E-state index in [4.69, 9.17) is 11.6 Å². The summed E-state index contributed by atoms with van der Waals surface area (Å²) in [5, 5.41) is 21.9. The molecule has 0 radical (unpaired) electrons. The summed E-state index contributed by atoms with van der Waals surface area (Å²) in [6.07, 6.45) is 2.56. The zero-order valence-electron chi connectivity index (χ0n) is 11.9. The highest BCUT2D eigenvalue weighted by molar-refractivity contribution is 6.33. The molecule has 0 unspecified atom stereocenters. The lowest BCUT2D eigenvalue weighted by Gasteiger charge is -2.13. The highest BCUT2D eigenvalue weighted by Crippen LogP contribution is 2.35. The maximum atomic E-state index is 10.7. The number of rotatable bonds is 4. The second-order valence-corrected chi connectivity index (χ2v) is 5.46. The molecule has 0 fully saturated rings. The molecular weight excluding hydrogens is 316 g/mol. The van der Waals surface area contributed by atoms with E-state index in [-0.39, 0.29) is 5.69 Å². The number of non-ortho nitro benzene ring substituents is 1. The molecule has 116 valence electrons. The molecule has 3 rings (SSSR count). The summed E-state index contributed by atoms with van der Waals surface area (Å²) >= 11 is 6.22. The molecule has 0 aliphatic carbocycles. The number of aliphatic hydroxyl groups is 1. The van der Waals surface area contributed by atoms with Crippen LogP contribution in [0.5, 0.6) is 0 Å². The monoisotopic (exact) mass is 328 g/mol. The van der Waals surface area contributed by atoms with E-state index >= 15 is 0 Å². The van der Waals surface area contributed by atoms with Gasteiger partial charge < -0.3 is 10.1 Å². The fraction of sp³-hybridized carbons (Fsp3) is 0.0588. The number of benzene rings is 2. The molecule has 2 aromatic carbocycles. The number of aromatic nitrogens is 1. The van der Waals surface area contributed by atoms with Crippen molar-refractivity contribution in [2.24, 2.45) is 0 Å². The lowest BCUT2D eigenvalue weighted by Crippen LogP contribution is -2.00. The van der Waals surface area contributed by atoms with Gasteiger partial charge in [0.05, 0.1) is 4.92 Å². The van der Waals surface area contributed by atoms with Gasteiger partial charge in [-0.15, -0.1) is 0 Å². The van der Waals surface area contributed by atoms with Gasteiger partial charge in [0.1, 0.15) is 6.10 Å². The number of nitrogens with zero attached hydrogens (tertiary/aromatic N) is 1. The molecule has 1 aromatic heterocycles. The normalized spacial score (nSPS) is 12.1. The van der Waals surface area contributed by atoms with E-state index < -0.39 is 11.0 Å². The summed E-state index contributed by atoms with van der Waals surface area (Å²) in [5.74, 6) is 0. The van der Waals surface area contributed by atoms with E-state index in [0.29, 0.717) is 16.1 Å². The first kappa shape index (κ1) is 15.3. The first-order valence-corrected chi connectivity index (χ1v) is 7.29. The van der Waals surface area contributed by atoms with Crippen molar-refractivity contribution in [2.45, 2.75) is 6.10 Å². The first-order chi connectivity index (χ1) is 11.1. The smallest absolute Gasteiger partial charge is 0.269 e. The van der Waals surface area contributed by atoms with Gasteiger partial charge in [0.25, 0.3) is 5.69 Å². The minimum Gasteiger partial charge on any atom is -0.384 e. The Morgan fingerprint density at radius 1 is 1.04 bits per heavy atom. The Morgan fingerprint density at radius 3 is 2.39 bits per heavy atom. The van der Waals surface area contributed by atoms with Crippen molar-refractivity contribution in [3.8, 4) is 11.1 Å². The molecule has 0 aliphatic rings.